The second kappa shape index (κ2) is 8.65. The molecule has 188 valence electrons. The highest BCUT2D eigenvalue weighted by atomic mass is 19.1. The molecule has 0 saturated carbocycles. The van der Waals surface area contributed by atoms with Crippen LogP contribution in [0.25, 0.3) is 28.0 Å². The second-order valence-electron chi connectivity index (χ2n) is 9.82. The number of urea groups is 1. The van der Waals surface area contributed by atoms with Gasteiger partial charge < -0.3 is 16.4 Å². The topological polar surface area (TPSA) is 132 Å². The number of nitrogen functional groups attached to an aromatic ring is 1. The molecule has 2 saturated heterocycles. The number of halogens is 1. The van der Waals surface area contributed by atoms with Crippen LogP contribution in [0.15, 0.2) is 48.8 Å². The molecule has 1 aromatic carbocycles. The van der Waals surface area contributed by atoms with Gasteiger partial charge in [-0.1, -0.05) is 18.2 Å². The van der Waals surface area contributed by atoms with Crippen LogP contribution in [-0.2, 0) is 0 Å². The Morgan fingerprint density at radius 3 is 2.38 bits per heavy atom. The number of anilines is 1. The van der Waals surface area contributed by atoms with Crippen LogP contribution >= 0.6 is 0 Å². The smallest absolute Gasteiger partial charge is 0.315 e. The third kappa shape index (κ3) is 3.71. The average Bonchev–Trinajstić information content (AvgIpc) is 3.42. The van der Waals surface area contributed by atoms with Crippen molar-refractivity contribution in [3.05, 3.63) is 65.9 Å². The molecule has 37 heavy (non-hydrogen) atoms. The molecule has 4 aromatic rings. The van der Waals surface area contributed by atoms with Crippen molar-refractivity contribution < 1.29 is 14.0 Å². The first-order valence-corrected chi connectivity index (χ1v) is 12.3. The van der Waals surface area contributed by atoms with Crippen molar-refractivity contribution in [3.63, 3.8) is 0 Å². The Labute approximate surface area is 212 Å². The Morgan fingerprint density at radius 2 is 1.76 bits per heavy atom. The van der Waals surface area contributed by atoms with Crippen LogP contribution in [0.1, 0.15) is 54.6 Å². The number of benzene rings is 1. The maximum atomic E-state index is 14.2. The number of carbonyl (C=O) groups excluding carboxylic acids is 2. The zero-order valence-corrected chi connectivity index (χ0v) is 20.3. The van der Waals surface area contributed by atoms with Crippen molar-refractivity contribution in [2.45, 2.75) is 50.6 Å². The fourth-order valence-electron chi connectivity index (χ4n) is 6.03. The molecule has 0 radical (unpaired) electrons. The van der Waals surface area contributed by atoms with Crippen LogP contribution < -0.4 is 11.5 Å². The molecule has 3 atom stereocenters. The average molecular weight is 500 g/mol. The van der Waals surface area contributed by atoms with Crippen molar-refractivity contribution in [2.24, 2.45) is 5.73 Å². The molecule has 0 spiro atoms. The van der Waals surface area contributed by atoms with Crippen molar-refractivity contribution in [3.8, 4) is 22.4 Å². The summed E-state index contributed by atoms with van der Waals surface area (Å²) < 4.78 is 15.7. The third-order valence-corrected chi connectivity index (χ3v) is 7.66. The summed E-state index contributed by atoms with van der Waals surface area (Å²) in [6.07, 6.45) is 6.41. The second-order valence-corrected chi connectivity index (χ2v) is 9.82. The van der Waals surface area contributed by atoms with Gasteiger partial charge in [0.25, 0.3) is 0 Å². The molecule has 2 bridgehead atoms. The van der Waals surface area contributed by atoms with Crippen LogP contribution in [0.3, 0.4) is 0 Å². The standard InChI is InChI=1S/C27H26FN7O2/c1-14(36)23-24(16-10-17-7-8-18(11-16)34(17)27(30)37)33-26-20(13-32-35(26)25(23)29)15-6-9-22(31-12-15)19-4-2-3-5-21(19)28/h2-6,9,12-13,16-18H,7-8,10-11,29H2,1H3,(H2,30,37)/t16-,17+,18?/m1/s1. The summed E-state index contributed by atoms with van der Waals surface area (Å²) in [5, 5.41) is 4.42. The molecule has 2 aliphatic heterocycles. The Bertz CT molecular complexity index is 1530. The molecule has 9 nitrogen and oxygen atoms in total. The molecule has 2 amide bonds. The predicted molar refractivity (Wildman–Crippen MR) is 136 cm³/mol. The molecule has 6 rings (SSSR count). The number of ketones is 1. The van der Waals surface area contributed by atoms with Gasteiger partial charge in [-0.15, -0.1) is 0 Å². The van der Waals surface area contributed by atoms with Crippen LogP contribution in [0.4, 0.5) is 15.0 Å². The van der Waals surface area contributed by atoms with E-state index in [9.17, 15) is 14.0 Å². The van der Waals surface area contributed by atoms with Gasteiger partial charge in [0.15, 0.2) is 11.4 Å². The molecule has 0 aliphatic carbocycles. The number of carbonyl (C=O) groups is 2. The van der Waals surface area contributed by atoms with Gasteiger partial charge in [-0.05, 0) is 50.8 Å². The lowest BCUT2D eigenvalue weighted by Gasteiger charge is -2.38. The first-order valence-electron chi connectivity index (χ1n) is 12.3. The quantitative estimate of drug-likeness (QED) is 0.405. The molecule has 3 aromatic heterocycles. The minimum Gasteiger partial charge on any atom is -0.383 e. The molecule has 2 fully saturated rings. The monoisotopic (exact) mass is 499 g/mol. The largest absolute Gasteiger partial charge is 0.383 e. The number of amides is 2. The SMILES string of the molecule is CC(=O)c1c([C@H]2CC3CC[C@@H](C2)N3C(N)=O)nc2c(-c3ccc(-c4ccccc4F)nc3)cnn2c1N. The third-order valence-electron chi connectivity index (χ3n) is 7.66. The van der Waals surface area contributed by atoms with Crippen LogP contribution in [0.2, 0.25) is 0 Å². The Morgan fingerprint density at radius 1 is 1.03 bits per heavy atom. The first-order chi connectivity index (χ1) is 17.8. The van der Waals surface area contributed by atoms with Gasteiger partial charge in [-0.2, -0.15) is 9.61 Å². The van der Waals surface area contributed by atoms with Gasteiger partial charge in [0.1, 0.15) is 11.6 Å². The van der Waals surface area contributed by atoms with E-state index in [4.69, 9.17) is 16.5 Å². The predicted octanol–water partition coefficient (Wildman–Crippen LogP) is 4.17. The number of nitrogens with two attached hydrogens (primary N) is 2. The summed E-state index contributed by atoms with van der Waals surface area (Å²) in [5.41, 5.74) is 16.0. The van der Waals surface area contributed by atoms with E-state index in [1.807, 2.05) is 6.07 Å². The van der Waals surface area contributed by atoms with Gasteiger partial charge in [0.05, 0.1) is 23.1 Å². The Balaban J connectivity index is 1.42. The van der Waals surface area contributed by atoms with E-state index in [0.717, 1.165) is 18.4 Å². The van der Waals surface area contributed by atoms with E-state index in [2.05, 4.69) is 10.1 Å². The van der Waals surface area contributed by atoms with E-state index in [-0.39, 0.29) is 35.4 Å². The number of rotatable bonds is 4. The van der Waals surface area contributed by atoms with E-state index in [1.54, 1.807) is 41.6 Å². The van der Waals surface area contributed by atoms with Gasteiger partial charge in [-0.25, -0.2) is 14.2 Å². The number of Topliss-reactive ketones (excluding diaryl/α,β-unsaturated/α-hetero) is 1. The van der Waals surface area contributed by atoms with E-state index in [0.29, 0.717) is 46.6 Å². The Hall–Kier alpha value is -4.34. The highest BCUT2D eigenvalue weighted by Crippen LogP contribution is 2.44. The molecule has 2 aliphatic rings. The summed E-state index contributed by atoms with van der Waals surface area (Å²) in [5.74, 6) is -0.326. The summed E-state index contributed by atoms with van der Waals surface area (Å²) in [6, 6.07) is 9.73. The molecule has 4 N–H and O–H groups in total. The summed E-state index contributed by atoms with van der Waals surface area (Å²) in [6.45, 7) is 1.48. The summed E-state index contributed by atoms with van der Waals surface area (Å²) >= 11 is 0. The molecule has 1 unspecified atom stereocenters. The lowest BCUT2D eigenvalue weighted by molar-refractivity contribution is 0.101. The number of hydrogen-bond donors (Lipinski definition) is 2. The molecule has 10 heteroatoms. The lowest BCUT2D eigenvalue weighted by atomic mass is 9.85. The minimum absolute atomic E-state index is 0.0276. The number of nitrogens with zero attached hydrogens (tertiary/aromatic N) is 5. The molecule has 5 heterocycles. The first kappa shape index (κ1) is 23.1. The number of fused-ring (bicyclic) bond motifs is 3. The minimum atomic E-state index is -0.398. The van der Waals surface area contributed by atoms with Gasteiger partial charge in [0, 0.05) is 40.9 Å². The van der Waals surface area contributed by atoms with E-state index < -0.39 is 6.03 Å². The van der Waals surface area contributed by atoms with E-state index >= 15 is 0 Å². The van der Waals surface area contributed by atoms with Crippen LogP contribution in [-0.4, -0.2) is 48.4 Å². The van der Waals surface area contributed by atoms with Crippen molar-refractivity contribution >= 4 is 23.3 Å². The normalized spacial score (nSPS) is 20.9. The fourth-order valence-corrected chi connectivity index (χ4v) is 6.03. The fraction of sp³-hybridized carbons (Fsp3) is 0.296. The van der Waals surface area contributed by atoms with Crippen molar-refractivity contribution in [2.75, 3.05) is 5.73 Å². The van der Waals surface area contributed by atoms with E-state index in [1.165, 1.54) is 17.5 Å². The van der Waals surface area contributed by atoms with Crippen molar-refractivity contribution in [1.29, 1.82) is 0 Å². The van der Waals surface area contributed by atoms with Gasteiger partial charge in [-0.3, -0.25) is 9.78 Å². The number of primary amides is 1. The zero-order valence-electron chi connectivity index (χ0n) is 20.3. The highest BCUT2D eigenvalue weighted by Gasteiger charge is 2.44. The lowest BCUT2D eigenvalue weighted by Crippen LogP contribution is -2.48. The van der Waals surface area contributed by atoms with Gasteiger partial charge >= 0.3 is 6.03 Å². The maximum absolute atomic E-state index is 14.2. The molecular weight excluding hydrogens is 473 g/mol. The number of aromatic nitrogens is 4. The number of pyridine rings is 1. The summed E-state index contributed by atoms with van der Waals surface area (Å²) in [4.78, 5) is 35.9. The van der Waals surface area contributed by atoms with Crippen LogP contribution in [0, 0.1) is 5.82 Å². The highest BCUT2D eigenvalue weighted by molar-refractivity contribution is 6.00. The van der Waals surface area contributed by atoms with Crippen LogP contribution in [0.5, 0.6) is 0 Å². The maximum Gasteiger partial charge on any atom is 0.315 e. The number of hydrogen-bond acceptors (Lipinski definition) is 6. The molecular formula is C27H26FN7O2. The van der Waals surface area contributed by atoms with Crippen molar-refractivity contribution in [1.82, 2.24) is 24.5 Å². The van der Waals surface area contributed by atoms with Gasteiger partial charge in [0.2, 0.25) is 0 Å². The number of piperidine rings is 1. The zero-order chi connectivity index (χ0) is 25.8. The Kier molecular flexibility index (Phi) is 5.40. The summed E-state index contributed by atoms with van der Waals surface area (Å²) in [7, 11) is 0.